The van der Waals surface area contributed by atoms with Crippen LogP contribution in [0.2, 0.25) is 0 Å². The van der Waals surface area contributed by atoms with Gasteiger partial charge >= 0.3 is 6.01 Å². The SMILES string of the molecule is CC(C)OCCOc1nncn1-c1ccc2c(c1)CCC2. The van der Waals surface area contributed by atoms with E-state index < -0.39 is 0 Å². The van der Waals surface area contributed by atoms with Crippen LogP contribution in [0.5, 0.6) is 6.01 Å². The van der Waals surface area contributed by atoms with Crippen LogP contribution >= 0.6 is 0 Å². The number of aryl methyl sites for hydroxylation is 2. The smallest absolute Gasteiger partial charge is 0.321 e. The van der Waals surface area contributed by atoms with E-state index in [1.807, 2.05) is 18.4 Å². The molecule has 0 N–H and O–H groups in total. The molecule has 0 radical (unpaired) electrons. The van der Waals surface area contributed by atoms with Crippen molar-refractivity contribution < 1.29 is 9.47 Å². The number of rotatable bonds is 6. The van der Waals surface area contributed by atoms with Gasteiger partial charge in [0.05, 0.1) is 18.4 Å². The molecule has 5 heteroatoms. The first-order valence-corrected chi connectivity index (χ1v) is 7.50. The summed E-state index contributed by atoms with van der Waals surface area (Å²) in [5.41, 5.74) is 3.94. The lowest BCUT2D eigenvalue weighted by Crippen LogP contribution is -2.13. The Hall–Kier alpha value is -1.88. The van der Waals surface area contributed by atoms with Crippen molar-refractivity contribution in [1.82, 2.24) is 14.8 Å². The summed E-state index contributed by atoms with van der Waals surface area (Å²) in [5.74, 6) is 0. The predicted octanol–water partition coefficient (Wildman–Crippen LogP) is 2.56. The van der Waals surface area contributed by atoms with Crippen LogP contribution in [0, 0.1) is 0 Å². The summed E-state index contributed by atoms with van der Waals surface area (Å²) in [4.78, 5) is 0. The molecule has 0 aliphatic heterocycles. The normalized spacial score (nSPS) is 13.7. The van der Waals surface area contributed by atoms with Crippen molar-refractivity contribution in [2.75, 3.05) is 13.2 Å². The molecular formula is C16H21N3O2. The Balaban J connectivity index is 1.70. The van der Waals surface area contributed by atoms with Crippen LogP contribution in [-0.2, 0) is 17.6 Å². The second-order valence-electron chi connectivity index (χ2n) is 5.56. The minimum Gasteiger partial charge on any atom is -0.461 e. The van der Waals surface area contributed by atoms with Crippen molar-refractivity contribution in [3.05, 3.63) is 35.7 Å². The molecule has 112 valence electrons. The van der Waals surface area contributed by atoms with E-state index in [1.54, 1.807) is 6.33 Å². The molecule has 1 aromatic carbocycles. The van der Waals surface area contributed by atoms with E-state index in [0.29, 0.717) is 19.2 Å². The lowest BCUT2D eigenvalue weighted by molar-refractivity contribution is 0.0527. The molecule has 1 heterocycles. The van der Waals surface area contributed by atoms with Gasteiger partial charge in [0.15, 0.2) is 0 Å². The number of benzene rings is 1. The highest BCUT2D eigenvalue weighted by atomic mass is 16.5. The minimum absolute atomic E-state index is 0.211. The average Bonchev–Trinajstić information content (AvgIpc) is 3.11. The highest BCUT2D eigenvalue weighted by Crippen LogP contribution is 2.25. The van der Waals surface area contributed by atoms with Crippen LogP contribution in [0.15, 0.2) is 24.5 Å². The summed E-state index contributed by atoms with van der Waals surface area (Å²) in [6, 6.07) is 7.03. The summed E-state index contributed by atoms with van der Waals surface area (Å²) in [7, 11) is 0. The lowest BCUT2D eigenvalue weighted by Gasteiger charge is -2.11. The third kappa shape index (κ3) is 3.24. The maximum absolute atomic E-state index is 5.67. The Morgan fingerprint density at radius 2 is 2.05 bits per heavy atom. The Kier molecular flexibility index (Phi) is 4.20. The van der Waals surface area contributed by atoms with E-state index in [9.17, 15) is 0 Å². The number of nitrogens with zero attached hydrogens (tertiary/aromatic N) is 3. The van der Waals surface area contributed by atoms with Gasteiger partial charge < -0.3 is 9.47 Å². The van der Waals surface area contributed by atoms with Crippen LogP contribution in [-0.4, -0.2) is 34.1 Å². The van der Waals surface area contributed by atoms with Gasteiger partial charge in [-0.15, -0.1) is 5.10 Å². The van der Waals surface area contributed by atoms with Crippen molar-refractivity contribution in [2.24, 2.45) is 0 Å². The summed E-state index contributed by atoms with van der Waals surface area (Å²) >= 11 is 0. The molecule has 1 aliphatic carbocycles. The zero-order valence-electron chi connectivity index (χ0n) is 12.6. The highest BCUT2D eigenvalue weighted by Gasteiger charge is 2.13. The van der Waals surface area contributed by atoms with E-state index in [4.69, 9.17) is 9.47 Å². The summed E-state index contributed by atoms with van der Waals surface area (Å²) in [6.07, 6.45) is 5.49. The molecule has 5 nitrogen and oxygen atoms in total. The van der Waals surface area contributed by atoms with Gasteiger partial charge in [-0.05, 0) is 56.4 Å². The van der Waals surface area contributed by atoms with Gasteiger partial charge in [0.1, 0.15) is 12.9 Å². The Bertz CT molecular complexity index is 607. The van der Waals surface area contributed by atoms with Crippen molar-refractivity contribution in [3.63, 3.8) is 0 Å². The van der Waals surface area contributed by atoms with Crippen molar-refractivity contribution in [3.8, 4) is 11.7 Å². The van der Waals surface area contributed by atoms with Gasteiger partial charge in [0, 0.05) is 0 Å². The van der Waals surface area contributed by atoms with Crippen LogP contribution < -0.4 is 4.74 Å². The molecule has 1 aromatic heterocycles. The standard InChI is InChI=1S/C16H21N3O2/c1-12(2)20-8-9-21-16-18-17-11-19(16)15-7-6-13-4-3-5-14(13)10-15/h6-7,10-12H,3-5,8-9H2,1-2H3. The number of hydrogen-bond acceptors (Lipinski definition) is 4. The number of fused-ring (bicyclic) bond motifs is 1. The Labute approximate surface area is 124 Å². The van der Waals surface area contributed by atoms with E-state index in [1.165, 1.54) is 24.0 Å². The van der Waals surface area contributed by atoms with Crippen molar-refractivity contribution in [1.29, 1.82) is 0 Å². The average molecular weight is 287 g/mol. The molecule has 21 heavy (non-hydrogen) atoms. The largest absolute Gasteiger partial charge is 0.461 e. The van der Waals surface area contributed by atoms with Crippen LogP contribution in [0.3, 0.4) is 0 Å². The molecule has 3 rings (SSSR count). The zero-order valence-corrected chi connectivity index (χ0v) is 12.6. The van der Waals surface area contributed by atoms with Crippen molar-refractivity contribution in [2.45, 2.75) is 39.2 Å². The van der Waals surface area contributed by atoms with Gasteiger partial charge in [-0.3, -0.25) is 4.57 Å². The third-order valence-electron chi connectivity index (χ3n) is 3.64. The molecule has 0 bridgehead atoms. The second kappa shape index (κ2) is 6.26. The fourth-order valence-corrected chi connectivity index (χ4v) is 2.62. The third-order valence-corrected chi connectivity index (χ3v) is 3.64. The summed E-state index contributed by atoms with van der Waals surface area (Å²) in [6.45, 7) is 5.04. The molecule has 0 saturated heterocycles. The molecule has 0 unspecified atom stereocenters. The lowest BCUT2D eigenvalue weighted by atomic mass is 10.1. The maximum Gasteiger partial charge on any atom is 0.321 e. The van der Waals surface area contributed by atoms with Gasteiger partial charge in [-0.25, -0.2) is 0 Å². The summed E-state index contributed by atoms with van der Waals surface area (Å²) < 4.78 is 13.0. The molecule has 0 spiro atoms. The fraction of sp³-hybridized carbons (Fsp3) is 0.500. The van der Waals surface area contributed by atoms with Crippen LogP contribution in [0.25, 0.3) is 5.69 Å². The highest BCUT2D eigenvalue weighted by molar-refractivity contribution is 5.43. The minimum atomic E-state index is 0.211. The molecular weight excluding hydrogens is 266 g/mol. The van der Waals surface area contributed by atoms with E-state index in [0.717, 1.165) is 12.1 Å². The second-order valence-corrected chi connectivity index (χ2v) is 5.56. The quantitative estimate of drug-likeness (QED) is 0.766. The molecule has 0 fully saturated rings. The number of hydrogen-bond donors (Lipinski definition) is 0. The molecule has 2 aromatic rings. The maximum atomic E-state index is 5.67. The first-order valence-electron chi connectivity index (χ1n) is 7.50. The first kappa shape index (κ1) is 14.1. The van der Waals surface area contributed by atoms with Gasteiger partial charge in [0.25, 0.3) is 0 Å². The van der Waals surface area contributed by atoms with E-state index >= 15 is 0 Å². The first-order chi connectivity index (χ1) is 10.2. The van der Waals surface area contributed by atoms with Crippen molar-refractivity contribution >= 4 is 0 Å². The molecule has 0 amide bonds. The number of aromatic nitrogens is 3. The molecule has 1 aliphatic rings. The fourth-order valence-electron chi connectivity index (χ4n) is 2.62. The predicted molar refractivity (Wildman–Crippen MR) is 80.0 cm³/mol. The van der Waals surface area contributed by atoms with Gasteiger partial charge in [0.2, 0.25) is 0 Å². The van der Waals surface area contributed by atoms with E-state index in [-0.39, 0.29) is 6.10 Å². The zero-order chi connectivity index (χ0) is 14.7. The summed E-state index contributed by atoms with van der Waals surface area (Å²) in [5, 5.41) is 7.99. The molecule has 0 atom stereocenters. The van der Waals surface area contributed by atoms with Gasteiger partial charge in [-0.1, -0.05) is 11.2 Å². The monoisotopic (exact) mass is 287 g/mol. The van der Waals surface area contributed by atoms with E-state index in [2.05, 4.69) is 28.4 Å². The number of ether oxygens (including phenoxy) is 2. The topological polar surface area (TPSA) is 49.2 Å². The Morgan fingerprint density at radius 1 is 1.19 bits per heavy atom. The van der Waals surface area contributed by atoms with Crippen LogP contribution in [0.4, 0.5) is 0 Å². The Morgan fingerprint density at radius 3 is 2.90 bits per heavy atom. The van der Waals surface area contributed by atoms with Gasteiger partial charge in [-0.2, -0.15) is 0 Å². The van der Waals surface area contributed by atoms with Crippen LogP contribution in [0.1, 0.15) is 31.4 Å². The molecule has 0 saturated carbocycles.